The van der Waals surface area contributed by atoms with Crippen LogP contribution in [0.1, 0.15) is 26.3 Å². The molecule has 0 aliphatic heterocycles. The monoisotopic (exact) mass is 357 g/mol. The van der Waals surface area contributed by atoms with E-state index < -0.39 is 23.7 Å². The third-order valence-corrected chi connectivity index (χ3v) is 2.84. The van der Waals surface area contributed by atoms with Crippen LogP contribution in [0.4, 0.5) is 24.7 Å². The first-order chi connectivity index (χ1) is 11.6. The Morgan fingerprint density at radius 3 is 2.16 bits per heavy atom. The van der Waals surface area contributed by atoms with Crippen molar-refractivity contribution in [1.29, 1.82) is 0 Å². The molecule has 134 valence electrons. The van der Waals surface area contributed by atoms with Gasteiger partial charge >= 0.3 is 18.1 Å². The molecule has 0 fully saturated rings. The Hall–Kier alpha value is -3.30. The molecule has 0 unspecified atom stereocenters. The lowest BCUT2D eigenvalue weighted by Crippen LogP contribution is -2.09. The summed E-state index contributed by atoms with van der Waals surface area (Å²) in [6.45, 7) is 0. The fourth-order valence-corrected chi connectivity index (χ4v) is 1.60. The molecule has 7 nitrogen and oxygen atoms in total. The molecule has 0 amide bonds. The van der Waals surface area contributed by atoms with E-state index in [0.717, 1.165) is 6.07 Å². The van der Waals surface area contributed by atoms with E-state index >= 15 is 0 Å². The van der Waals surface area contributed by atoms with E-state index in [1.165, 1.54) is 19.2 Å². The minimum absolute atomic E-state index is 0.0469. The van der Waals surface area contributed by atoms with Gasteiger partial charge in [-0.05, 0) is 18.2 Å². The van der Waals surface area contributed by atoms with E-state index in [1.54, 1.807) is 12.1 Å². The van der Waals surface area contributed by atoms with Crippen molar-refractivity contribution < 1.29 is 32.6 Å². The first-order valence-corrected chi connectivity index (χ1v) is 6.56. The summed E-state index contributed by atoms with van der Waals surface area (Å²) < 4.78 is 40.3. The Labute approximate surface area is 140 Å². The minimum Gasteiger partial charge on any atom is -0.478 e. The van der Waals surface area contributed by atoms with Gasteiger partial charge in [0.2, 0.25) is 0 Å². The summed E-state index contributed by atoms with van der Waals surface area (Å²) in [5, 5.41) is 8.70. The molecule has 1 heterocycles. The number of alkyl halides is 3. The zero-order valence-corrected chi connectivity index (χ0v) is 12.9. The summed E-state index contributed by atoms with van der Waals surface area (Å²) in [6.07, 6.45) is -3.78. The number of hydrogen-bond donors (Lipinski definition) is 3. The van der Waals surface area contributed by atoms with E-state index in [-0.39, 0.29) is 22.6 Å². The Balaban J connectivity index is 0.000000251. The molecule has 2 aromatic rings. The van der Waals surface area contributed by atoms with Gasteiger partial charge in [0.05, 0.1) is 29.5 Å². The number of aromatic carboxylic acids is 1. The molecule has 0 aliphatic carbocycles. The maximum absolute atomic E-state index is 12.0. The number of methoxy groups -OCH3 is 1. The zero-order valence-electron chi connectivity index (χ0n) is 12.9. The lowest BCUT2D eigenvalue weighted by atomic mass is 10.1. The standard InChI is InChI=1S/C9H8O4.C6H6F3N3/c1-13-9(12)7-5-3-2-4-6(7)8(10)11;7-6(8,9)3-1-4(10)5(11)12-2-3/h2-5H,1H3,(H,10,11);1-2H,10H2,(H2,11,12). The van der Waals surface area contributed by atoms with Gasteiger partial charge in [0.15, 0.2) is 0 Å². The molecule has 0 spiro atoms. The Morgan fingerprint density at radius 1 is 1.16 bits per heavy atom. The lowest BCUT2D eigenvalue weighted by molar-refractivity contribution is -0.137. The molecule has 2 rings (SSSR count). The fourth-order valence-electron chi connectivity index (χ4n) is 1.60. The minimum atomic E-state index is -4.42. The molecule has 1 aromatic heterocycles. The number of carboxylic acid groups (broad SMARTS) is 1. The molecule has 0 radical (unpaired) electrons. The van der Waals surface area contributed by atoms with Crippen molar-refractivity contribution in [2.45, 2.75) is 6.18 Å². The average Bonchev–Trinajstić information content (AvgIpc) is 2.56. The van der Waals surface area contributed by atoms with Crippen LogP contribution in [0.3, 0.4) is 0 Å². The van der Waals surface area contributed by atoms with E-state index in [9.17, 15) is 22.8 Å². The summed E-state index contributed by atoms with van der Waals surface area (Å²) in [7, 11) is 1.21. The predicted octanol–water partition coefficient (Wildman–Crippen LogP) is 2.44. The third-order valence-electron chi connectivity index (χ3n) is 2.84. The Morgan fingerprint density at radius 2 is 1.72 bits per heavy atom. The van der Waals surface area contributed by atoms with Gasteiger partial charge in [0.1, 0.15) is 5.82 Å². The van der Waals surface area contributed by atoms with Crippen LogP contribution in [-0.2, 0) is 10.9 Å². The number of carboxylic acids is 1. The predicted molar refractivity (Wildman–Crippen MR) is 82.8 cm³/mol. The summed E-state index contributed by atoms with van der Waals surface area (Å²) in [6, 6.07) is 6.65. The highest BCUT2D eigenvalue weighted by Gasteiger charge is 2.31. The molecule has 5 N–H and O–H groups in total. The normalized spacial score (nSPS) is 10.4. The number of esters is 1. The maximum atomic E-state index is 12.0. The molecule has 0 aliphatic rings. The van der Waals surface area contributed by atoms with Crippen molar-refractivity contribution in [3.63, 3.8) is 0 Å². The second-order valence-electron chi connectivity index (χ2n) is 4.54. The summed E-state index contributed by atoms with van der Waals surface area (Å²) in [5.41, 5.74) is 9.22. The van der Waals surface area contributed by atoms with Gasteiger partial charge in [-0.25, -0.2) is 14.6 Å². The number of rotatable bonds is 2. The van der Waals surface area contributed by atoms with Crippen LogP contribution in [0.25, 0.3) is 0 Å². The SMILES string of the molecule is COC(=O)c1ccccc1C(=O)O.Nc1cc(C(F)(F)F)cnc1N. The van der Waals surface area contributed by atoms with Gasteiger partial charge in [0.25, 0.3) is 0 Å². The number of hydrogen-bond acceptors (Lipinski definition) is 6. The fraction of sp³-hybridized carbons (Fsp3) is 0.133. The molecule has 1 aromatic carbocycles. The van der Waals surface area contributed by atoms with Crippen LogP contribution in [0.5, 0.6) is 0 Å². The van der Waals surface area contributed by atoms with Gasteiger partial charge in [-0.3, -0.25) is 0 Å². The number of nitrogen functional groups attached to an aromatic ring is 2. The molecule has 0 atom stereocenters. The number of anilines is 2. The number of halogens is 3. The third kappa shape index (κ3) is 5.37. The Kier molecular flexibility index (Phi) is 6.31. The number of benzene rings is 1. The number of pyridine rings is 1. The van der Waals surface area contributed by atoms with Crippen molar-refractivity contribution in [2.75, 3.05) is 18.6 Å². The highest BCUT2D eigenvalue weighted by molar-refractivity contribution is 6.02. The quantitative estimate of drug-likeness (QED) is 0.704. The van der Waals surface area contributed by atoms with E-state index in [1.807, 2.05) is 0 Å². The van der Waals surface area contributed by atoms with Crippen molar-refractivity contribution in [3.8, 4) is 0 Å². The van der Waals surface area contributed by atoms with Crippen molar-refractivity contribution in [1.82, 2.24) is 4.98 Å². The largest absolute Gasteiger partial charge is 0.478 e. The van der Waals surface area contributed by atoms with Crippen molar-refractivity contribution in [3.05, 3.63) is 53.2 Å². The van der Waals surface area contributed by atoms with Crippen molar-refractivity contribution >= 4 is 23.4 Å². The van der Waals surface area contributed by atoms with Gasteiger partial charge in [-0.1, -0.05) is 12.1 Å². The van der Waals surface area contributed by atoms with Crippen LogP contribution in [0, 0.1) is 0 Å². The second kappa shape index (κ2) is 7.99. The summed E-state index contributed by atoms with van der Waals surface area (Å²) in [5.74, 6) is -1.87. The number of carbonyl (C=O) groups is 2. The van der Waals surface area contributed by atoms with Crippen molar-refractivity contribution in [2.24, 2.45) is 0 Å². The topological polar surface area (TPSA) is 129 Å². The van der Waals surface area contributed by atoms with Gasteiger partial charge in [-0.15, -0.1) is 0 Å². The number of ether oxygens (including phenoxy) is 1. The number of aromatic nitrogens is 1. The van der Waals surface area contributed by atoms with Gasteiger partial charge in [0, 0.05) is 6.20 Å². The summed E-state index contributed by atoms with van der Waals surface area (Å²) >= 11 is 0. The molecule has 25 heavy (non-hydrogen) atoms. The molecule has 10 heteroatoms. The molecular formula is C15H14F3N3O4. The Bertz CT molecular complexity index is 779. The van der Waals surface area contributed by atoms with Gasteiger partial charge in [-0.2, -0.15) is 13.2 Å². The second-order valence-corrected chi connectivity index (χ2v) is 4.54. The van der Waals surface area contributed by atoms with Crippen LogP contribution in [0.2, 0.25) is 0 Å². The van der Waals surface area contributed by atoms with E-state index in [0.29, 0.717) is 6.20 Å². The van der Waals surface area contributed by atoms with Crippen LogP contribution in [-0.4, -0.2) is 29.1 Å². The molecule has 0 bridgehead atoms. The highest BCUT2D eigenvalue weighted by Crippen LogP contribution is 2.30. The highest BCUT2D eigenvalue weighted by atomic mass is 19.4. The van der Waals surface area contributed by atoms with Crippen LogP contribution in [0.15, 0.2) is 36.5 Å². The van der Waals surface area contributed by atoms with Crippen LogP contribution >= 0.6 is 0 Å². The first-order valence-electron chi connectivity index (χ1n) is 6.56. The average molecular weight is 357 g/mol. The maximum Gasteiger partial charge on any atom is 0.417 e. The lowest BCUT2D eigenvalue weighted by Gasteiger charge is -2.06. The smallest absolute Gasteiger partial charge is 0.417 e. The molecule has 0 saturated heterocycles. The summed E-state index contributed by atoms with van der Waals surface area (Å²) in [4.78, 5) is 25.0. The zero-order chi connectivity index (χ0) is 19.2. The number of nitrogens with two attached hydrogens (primary N) is 2. The number of carbonyl (C=O) groups excluding carboxylic acids is 1. The molecule has 0 saturated carbocycles. The number of nitrogens with zero attached hydrogens (tertiary/aromatic N) is 1. The molecular weight excluding hydrogens is 343 g/mol. The van der Waals surface area contributed by atoms with E-state index in [2.05, 4.69) is 9.72 Å². The first kappa shape index (κ1) is 19.7. The van der Waals surface area contributed by atoms with E-state index in [4.69, 9.17) is 16.6 Å². The van der Waals surface area contributed by atoms with Crippen LogP contribution < -0.4 is 11.5 Å². The van der Waals surface area contributed by atoms with Gasteiger partial charge < -0.3 is 21.3 Å².